The minimum absolute atomic E-state index is 0.0764. The van der Waals surface area contributed by atoms with Crippen molar-refractivity contribution >= 4 is 12.3 Å². The van der Waals surface area contributed by atoms with Gasteiger partial charge in [-0.1, -0.05) is 24.3 Å². The average molecular weight is 285 g/mol. The Balaban J connectivity index is 2.51. The van der Waals surface area contributed by atoms with Gasteiger partial charge in [0.25, 0.3) is 6.85 Å². The first-order valence-electron chi connectivity index (χ1n) is 5.79. The van der Waals surface area contributed by atoms with Crippen LogP contribution < -0.4 is 10.7 Å². The van der Waals surface area contributed by atoms with E-state index in [0.29, 0.717) is 0 Å². The monoisotopic (exact) mass is 285 g/mol. The van der Waals surface area contributed by atoms with Gasteiger partial charge >= 0.3 is 0 Å². The first-order valence-corrected chi connectivity index (χ1v) is 5.79. The number of nitrogens with one attached hydrogen (secondary N) is 1. The predicted octanol–water partition coefficient (Wildman–Crippen LogP) is 2.81. The fourth-order valence-electron chi connectivity index (χ4n) is 1.85. The summed E-state index contributed by atoms with van der Waals surface area (Å²) in [6, 6.07) is 0. The Labute approximate surface area is 112 Å². The third-order valence-corrected chi connectivity index (χ3v) is 2.83. The quantitative estimate of drug-likeness (QED) is 0.362. The highest BCUT2D eigenvalue weighted by Crippen LogP contribution is 2.17. The van der Waals surface area contributed by atoms with E-state index in [9.17, 15) is 22.0 Å². The Morgan fingerprint density at radius 3 is 1.95 bits per heavy atom. The van der Waals surface area contributed by atoms with Crippen LogP contribution in [0.5, 0.6) is 0 Å². The summed E-state index contributed by atoms with van der Waals surface area (Å²) in [5.74, 6) is -9.65. The summed E-state index contributed by atoms with van der Waals surface area (Å²) >= 11 is 0. The van der Waals surface area contributed by atoms with Crippen LogP contribution in [0.1, 0.15) is 0 Å². The number of benzene rings is 1. The van der Waals surface area contributed by atoms with Crippen LogP contribution in [0.15, 0.2) is 36.6 Å². The first kappa shape index (κ1) is 14.4. The van der Waals surface area contributed by atoms with Crippen LogP contribution in [0.3, 0.4) is 0 Å². The third-order valence-electron chi connectivity index (χ3n) is 2.83. The first-order chi connectivity index (χ1) is 9.54. The fourth-order valence-corrected chi connectivity index (χ4v) is 1.85. The molecule has 0 aliphatic carbocycles. The van der Waals surface area contributed by atoms with Crippen LogP contribution in [0.4, 0.5) is 22.0 Å². The molecular formula is C13H9BF5N. The minimum atomic E-state index is -2.15. The topological polar surface area (TPSA) is 12.0 Å². The Hall–Kier alpha value is -2.05. The van der Waals surface area contributed by atoms with Gasteiger partial charge < -0.3 is 5.23 Å². The standard InChI is InChI=1S/C13H9BF5N/c15-9-8(10(16)12(18)13(19)11(9)17)14-6-4-2-1-3-5-7-20-14/h1-5,7,20H,6H2/b3-1-,4-2-,7-5-. The van der Waals surface area contributed by atoms with Gasteiger partial charge in [-0.25, -0.2) is 22.0 Å². The number of allylic oxidation sites excluding steroid dienone is 5. The van der Waals surface area contributed by atoms with Crippen molar-refractivity contribution in [2.45, 2.75) is 6.32 Å². The molecule has 1 aliphatic heterocycles. The highest BCUT2D eigenvalue weighted by atomic mass is 19.2. The average Bonchev–Trinajstić information content (AvgIpc) is 2.57. The molecule has 0 fully saturated rings. The molecule has 0 spiro atoms. The third kappa shape index (κ3) is 2.61. The fraction of sp³-hybridized carbons (Fsp3) is 0.0769. The summed E-state index contributed by atoms with van der Waals surface area (Å²) in [6.45, 7) is -1.05. The maximum atomic E-state index is 13.7. The maximum Gasteiger partial charge on any atom is 0.296 e. The molecule has 0 saturated heterocycles. The van der Waals surface area contributed by atoms with Crippen LogP contribution in [0, 0.1) is 29.1 Å². The van der Waals surface area contributed by atoms with E-state index in [1.807, 2.05) is 0 Å². The van der Waals surface area contributed by atoms with Crippen LogP contribution in [0.2, 0.25) is 6.32 Å². The van der Waals surface area contributed by atoms with Gasteiger partial charge in [0.1, 0.15) is 0 Å². The molecule has 20 heavy (non-hydrogen) atoms. The Kier molecular flexibility index (Phi) is 4.27. The van der Waals surface area contributed by atoms with Crippen LogP contribution in [-0.2, 0) is 0 Å². The normalized spacial score (nSPS) is 19.6. The van der Waals surface area contributed by atoms with Gasteiger partial charge in [-0.15, -0.1) is 0 Å². The van der Waals surface area contributed by atoms with Crippen molar-refractivity contribution in [2.75, 3.05) is 0 Å². The van der Waals surface area contributed by atoms with Crippen molar-refractivity contribution in [2.24, 2.45) is 0 Å². The zero-order chi connectivity index (χ0) is 14.7. The van der Waals surface area contributed by atoms with Crippen LogP contribution in [-0.4, -0.2) is 6.85 Å². The van der Waals surface area contributed by atoms with Gasteiger partial charge in [-0.2, -0.15) is 0 Å². The molecule has 104 valence electrons. The molecule has 0 atom stereocenters. The van der Waals surface area contributed by atoms with E-state index >= 15 is 0 Å². The van der Waals surface area contributed by atoms with E-state index in [1.54, 1.807) is 30.4 Å². The maximum absolute atomic E-state index is 13.7. The molecule has 2 rings (SSSR count). The zero-order valence-corrected chi connectivity index (χ0v) is 10.1. The van der Waals surface area contributed by atoms with Crippen molar-refractivity contribution in [1.82, 2.24) is 5.23 Å². The molecule has 1 N–H and O–H groups in total. The van der Waals surface area contributed by atoms with Crippen LogP contribution in [0.25, 0.3) is 0 Å². The molecule has 0 saturated carbocycles. The second-order valence-corrected chi connectivity index (χ2v) is 4.11. The van der Waals surface area contributed by atoms with E-state index in [2.05, 4.69) is 5.23 Å². The van der Waals surface area contributed by atoms with Crippen molar-refractivity contribution in [3.05, 3.63) is 65.7 Å². The molecule has 0 unspecified atom stereocenters. The van der Waals surface area contributed by atoms with Crippen molar-refractivity contribution in [3.63, 3.8) is 0 Å². The van der Waals surface area contributed by atoms with E-state index < -0.39 is 41.4 Å². The van der Waals surface area contributed by atoms with E-state index in [4.69, 9.17) is 0 Å². The van der Waals surface area contributed by atoms with E-state index in [-0.39, 0.29) is 6.32 Å². The summed E-state index contributed by atoms with van der Waals surface area (Å²) in [4.78, 5) is 0. The molecule has 1 aliphatic rings. The molecule has 7 heteroatoms. The lowest BCUT2D eigenvalue weighted by Gasteiger charge is -2.15. The number of hydrogen-bond donors (Lipinski definition) is 1. The Morgan fingerprint density at radius 2 is 1.30 bits per heavy atom. The zero-order valence-electron chi connectivity index (χ0n) is 10.1. The van der Waals surface area contributed by atoms with Crippen molar-refractivity contribution < 1.29 is 22.0 Å². The summed E-state index contributed by atoms with van der Waals surface area (Å²) < 4.78 is 66.8. The molecular weight excluding hydrogens is 276 g/mol. The molecule has 1 heterocycles. The summed E-state index contributed by atoms with van der Waals surface area (Å²) in [7, 11) is 0. The predicted molar refractivity (Wildman–Crippen MR) is 67.0 cm³/mol. The second kappa shape index (κ2) is 5.94. The highest BCUT2D eigenvalue weighted by Gasteiger charge is 2.31. The van der Waals surface area contributed by atoms with Gasteiger partial charge in [0.2, 0.25) is 0 Å². The van der Waals surface area contributed by atoms with E-state index in [1.165, 1.54) is 6.20 Å². The molecule has 0 radical (unpaired) electrons. The Morgan fingerprint density at radius 1 is 0.750 bits per heavy atom. The van der Waals surface area contributed by atoms with Crippen LogP contribution >= 0.6 is 0 Å². The summed E-state index contributed by atoms with van der Waals surface area (Å²) in [5, 5.41) is 2.61. The lowest BCUT2D eigenvalue weighted by molar-refractivity contribution is 0.383. The van der Waals surface area contributed by atoms with Crippen molar-refractivity contribution in [3.8, 4) is 0 Å². The number of rotatable bonds is 1. The molecule has 1 aromatic rings. The molecule has 0 bridgehead atoms. The largest absolute Gasteiger partial charge is 0.430 e. The molecule has 1 aromatic carbocycles. The van der Waals surface area contributed by atoms with E-state index in [0.717, 1.165) is 0 Å². The lowest BCUT2D eigenvalue weighted by Crippen LogP contribution is -2.46. The van der Waals surface area contributed by atoms with Gasteiger partial charge in [-0.3, -0.25) is 0 Å². The molecule has 0 aromatic heterocycles. The van der Waals surface area contributed by atoms with Crippen molar-refractivity contribution in [1.29, 1.82) is 0 Å². The smallest absolute Gasteiger partial charge is 0.296 e. The summed E-state index contributed by atoms with van der Waals surface area (Å²) in [5.41, 5.74) is -0.863. The van der Waals surface area contributed by atoms with Gasteiger partial charge in [0.05, 0.1) is 0 Å². The highest BCUT2D eigenvalue weighted by molar-refractivity contribution is 6.71. The number of hydrogen-bond acceptors (Lipinski definition) is 1. The second-order valence-electron chi connectivity index (χ2n) is 4.11. The lowest BCUT2D eigenvalue weighted by atomic mass is 9.53. The Bertz CT molecular complexity index is 562. The minimum Gasteiger partial charge on any atom is -0.430 e. The number of halogens is 5. The van der Waals surface area contributed by atoms with Gasteiger partial charge in [0, 0.05) is 5.46 Å². The molecule has 1 nitrogen and oxygen atoms in total. The summed E-state index contributed by atoms with van der Waals surface area (Å²) in [6.07, 6.45) is 9.53. The van der Waals surface area contributed by atoms with Gasteiger partial charge in [0.15, 0.2) is 29.1 Å². The molecule has 0 amide bonds. The van der Waals surface area contributed by atoms with Gasteiger partial charge in [-0.05, 0) is 18.6 Å². The SMILES string of the molecule is Fc1c(F)c(F)c(B2C\C=C/C=C\C=C/N2)c(F)c1F.